The first-order valence-electron chi connectivity index (χ1n) is 10.4. The number of benzene rings is 1. The van der Waals surface area contributed by atoms with Gasteiger partial charge in [0.15, 0.2) is 0 Å². The maximum atomic E-state index is 13.1. The highest BCUT2D eigenvalue weighted by atomic mass is 16.2. The summed E-state index contributed by atoms with van der Waals surface area (Å²) < 4.78 is 2.01. The van der Waals surface area contributed by atoms with Gasteiger partial charge in [-0.1, -0.05) is 36.4 Å². The summed E-state index contributed by atoms with van der Waals surface area (Å²) in [6.45, 7) is 1.38. The van der Waals surface area contributed by atoms with E-state index in [4.69, 9.17) is 5.73 Å². The van der Waals surface area contributed by atoms with Crippen LogP contribution in [0.2, 0.25) is 0 Å². The van der Waals surface area contributed by atoms with E-state index in [9.17, 15) is 9.59 Å². The minimum atomic E-state index is -0.656. The molecule has 1 saturated carbocycles. The monoisotopic (exact) mass is 377 g/mol. The summed E-state index contributed by atoms with van der Waals surface area (Å²) in [6.07, 6.45) is 4.47. The second-order valence-electron chi connectivity index (χ2n) is 8.83. The van der Waals surface area contributed by atoms with Gasteiger partial charge in [-0.2, -0.15) is 0 Å². The molecule has 5 heteroatoms. The van der Waals surface area contributed by atoms with E-state index in [-0.39, 0.29) is 29.3 Å². The van der Waals surface area contributed by atoms with Crippen molar-refractivity contribution >= 4 is 5.91 Å². The third kappa shape index (κ3) is 2.80. The Morgan fingerprint density at radius 3 is 2.57 bits per heavy atom. The Labute approximate surface area is 165 Å². The number of hydrogen-bond acceptors (Lipinski definition) is 3. The first kappa shape index (κ1) is 17.7. The molecular formula is C23H27N3O2. The van der Waals surface area contributed by atoms with E-state index in [1.807, 2.05) is 33.7 Å². The van der Waals surface area contributed by atoms with Crippen molar-refractivity contribution in [3.63, 3.8) is 0 Å². The molecule has 2 N–H and O–H groups in total. The van der Waals surface area contributed by atoms with Crippen LogP contribution in [0.1, 0.15) is 48.9 Å². The average Bonchev–Trinajstić information content (AvgIpc) is 2.69. The summed E-state index contributed by atoms with van der Waals surface area (Å²) in [7, 11) is 0. The second kappa shape index (κ2) is 6.59. The third-order valence-electron chi connectivity index (χ3n) is 7.04. The largest absolute Gasteiger partial charge is 0.340 e. The maximum absolute atomic E-state index is 13.1. The third-order valence-corrected chi connectivity index (χ3v) is 7.04. The summed E-state index contributed by atoms with van der Waals surface area (Å²) >= 11 is 0. The number of likely N-dealkylation sites (tertiary alicyclic amines) is 1. The lowest BCUT2D eigenvalue weighted by atomic mass is 9.73. The average molecular weight is 377 g/mol. The Kier molecular flexibility index (Phi) is 4.16. The van der Waals surface area contributed by atoms with E-state index in [2.05, 4.69) is 18.2 Å². The highest BCUT2D eigenvalue weighted by molar-refractivity contribution is 5.87. The van der Waals surface area contributed by atoms with Crippen LogP contribution in [0.3, 0.4) is 0 Å². The first-order valence-corrected chi connectivity index (χ1v) is 10.4. The van der Waals surface area contributed by atoms with Gasteiger partial charge in [0.05, 0.1) is 5.54 Å². The molecule has 5 nitrogen and oxygen atoms in total. The first-order chi connectivity index (χ1) is 13.5. The predicted octanol–water partition coefficient (Wildman–Crippen LogP) is 2.46. The van der Waals surface area contributed by atoms with Crippen LogP contribution in [-0.2, 0) is 11.2 Å². The fourth-order valence-corrected chi connectivity index (χ4v) is 5.41. The molecule has 1 aromatic heterocycles. The smallest absolute Gasteiger partial charge is 0.251 e. The van der Waals surface area contributed by atoms with Crippen molar-refractivity contribution in [2.24, 2.45) is 11.7 Å². The number of rotatable bonds is 3. The molecule has 1 amide bonds. The van der Waals surface area contributed by atoms with Crippen molar-refractivity contribution in [2.75, 3.05) is 13.1 Å². The van der Waals surface area contributed by atoms with E-state index >= 15 is 0 Å². The zero-order chi connectivity index (χ0) is 19.3. The molecule has 3 atom stereocenters. The number of fused-ring (bicyclic) bond motifs is 4. The Morgan fingerprint density at radius 2 is 1.86 bits per heavy atom. The van der Waals surface area contributed by atoms with E-state index < -0.39 is 5.54 Å². The number of pyridine rings is 1. The van der Waals surface area contributed by atoms with Crippen molar-refractivity contribution in [3.05, 3.63) is 70.1 Å². The molecule has 0 radical (unpaired) electrons. The fourth-order valence-electron chi connectivity index (χ4n) is 5.41. The molecule has 3 heterocycles. The molecule has 0 spiro atoms. The van der Waals surface area contributed by atoms with Gasteiger partial charge in [-0.05, 0) is 49.7 Å². The zero-order valence-electron chi connectivity index (χ0n) is 16.1. The van der Waals surface area contributed by atoms with Gasteiger partial charge < -0.3 is 15.2 Å². The molecule has 1 aromatic carbocycles. The van der Waals surface area contributed by atoms with Crippen molar-refractivity contribution in [2.45, 2.75) is 49.6 Å². The number of carbonyl (C=O) groups is 1. The van der Waals surface area contributed by atoms with Crippen LogP contribution in [0.15, 0.2) is 53.3 Å². The summed E-state index contributed by atoms with van der Waals surface area (Å²) in [5.74, 6) is 0.602. The summed E-state index contributed by atoms with van der Waals surface area (Å²) in [5, 5.41) is 0. The van der Waals surface area contributed by atoms with Gasteiger partial charge in [-0.25, -0.2) is 0 Å². The summed E-state index contributed by atoms with van der Waals surface area (Å²) in [4.78, 5) is 27.9. The molecule has 5 rings (SSSR count). The van der Waals surface area contributed by atoms with Crippen LogP contribution in [-0.4, -0.2) is 34.0 Å². The van der Waals surface area contributed by atoms with Gasteiger partial charge >= 0.3 is 0 Å². The highest BCUT2D eigenvalue weighted by Crippen LogP contribution is 2.43. The highest BCUT2D eigenvalue weighted by Gasteiger charge is 2.47. The van der Waals surface area contributed by atoms with Crippen LogP contribution < -0.4 is 11.3 Å². The Balaban J connectivity index is 1.51. The van der Waals surface area contributed by atoms with Gasteiger partial charge in [0, 0.05) is 36.8 Å². The number of nitrogens with zero attached hydrogens (tertiary/aromatic N) is 2. The lowest BCUT2D eigenvalue weighted by molar-refractivity contribution is -0.143. The minimum Gasteiger partial charge on any atom is -0.340 e. The van der Waals surface area contributed by atoms with Gasteiger partial charge in [0.1, 0.15) is 0 Å². The SMILES string of the molecule is NC1(C(=O)N2C[C@H]3C[C@@H](C2)[C@H](Cc2ccccc2)n2c3cccc2=O)CCC1. The van der Waals surface area contributed by atoms with E-state index in [1.165, 1.54) is 5.56 Å². The quantitative estimate of drug-likeness (QED) is 0.893. The molecule has 2 fully saturated rings. The molecule has 2 aliphatic heterocycles. The molecule has 2 aromatic rings. The van der Waals surface area contributed by atoms with E-state index in [0.29, 0.717) is 13.1 Å². The molecule has 146 valence electrons. The lowest BCUT2D eigenvalue weighted by Crippen LogP contribution is -2.62. The zero-order valence-corrected chi connectivity index (χ0v) is 16.1. The Bertz CT molecular complexity index is 948. The van der Waals surface area contributed by atoms with Gasteiger partial charge in [-0.15, -0.1) is 0 Å². The predicted molar refractivity (Wildman–Crippen MR) is 108 cm³/mol. The van der Waals surface area contributed by atoms with Crippen molar-refractivity contribution in [1.82, 2.24) is 9.47 Å². The van der Waals surface area contributed by atoms with Crippen LogP contribution in [0, 0.1) is 5.92 Å². The molecule has 2 bridgehead atoms. The number of nitrogens with two attached hydrogens (primary N) is 1. The van der Waals surface area contributed by atoms with Crippen molar-refractivity contribution in [1.29, 1.82) is 0 Å². The topological polar surface area (TPSA) is 68.3 Å². The normalized spacial score (nSPS) is 27.6. The van der Waals surface area contributed by atoms with Gasteiger partial charge in [0.25, 0.3) is 5.56 Å². The van der Waals surface area contributed by atoms with Crippen LogP contribution >= 0.6 is 0 Å². The molecule has 1 saturated heterocycles. The number of carbonyl (C=O) groups excluding carboxylic acids is 1. The summed E-state index contributed by atoms with van der Waals surface area (Å²) in [6, 6.07) is 16.0. The number of amides is 1. The van der Waals surface area contributed by atoms with Crippen LogP contribution in [0.25, 0.3) is 0 Å². The van der Waals surface area contributed by atoms with Crippen molar-refractivity contribution < 1.29 is 4.79 Å². The standard InChI is InChI=1S/C23H27N3O2/c24-23(10-5-11-23)22(28)25-14-17-13-18(15-25)20(12-16-6-2-1-3-7-16)26-19(17)8-4-9-21(26)27/h1-4,6-9,17-18,20H,5,10-15,24H2/t17-,18+,20+/m1/s1. The van der Waals surface area contributed by atoms with Crippen molar-refractivity contribution in [3.8, 4) is 0 Å². The molecule has 28 heavy (non-hydrogen) atoms. The number of aromatic nitrogens is 1. The summed E-state index contributed by atoms with van der Waals surface area (Å²) in [5.41, 5.74) is 8.07. The minimum absolute atomic E-state index is 0.0715. The van der Waals surface area contributed by atoms with Gasteiger partial charge in [0.2, 0.25) is 5.91 Å². The number of hydrogen-bond donors (Lipinski definition) is 1. The molecular weight excluding hydrogens is 350 g/mol. The molecule has 1 aliphatic carbocycles. The Morgan fingerprint density at radius 1 is 1.07 bits per heavy atom. The fraction of sp³-hybridized carbons (Fsp3) is 0.478. The maximum Gasteiger partial charge on any atom is 0.251 e. The van der Waals surface area contributed by atoms with Gasteiger partial charge in [-0.3, -0.25) is 9.59 Å². The molecule has 3 aliphatic rings. The van der Waals surface area contributed by atoms with E-state index in [1.54, 1.807) is 6.07 Å². The second-order valence-corrected chi connectivity index (χ2v) is 8.83. The van der Waals surface area contributed by atoms with Crippen LogP contribution in [0.4, 0.5) is 0 Å². The lowest BCUT2D eigenvalue weighted by Gasteiger charge is -2.50. The molecule has 0 unspecified atom stereocenters. The Hall–Kier alpha value is -2.40. The van der Waals surface area contributed by atoms with Crippen LogP contribution in [0.5, 0.6) is 0 Å². The van der Waals surface area contributed by atoms with E-state index in [0.717, 1.165) is 37.8 Å². The number of piperidine rings is 1.